The Hall–Kier alpha value is -1.95. The van der Waals surface area contributed by atoms with Crippen LogP contribution in [-0.4, -0.2) is 27.4 Å². The molecular formula is C19H20O4S. The van der Waals surface area contributed by atoms with Gasteiger partial charge >= 0.3 is 0 Å². The lowest BCUT2D eigenvalue weighted by molar-refractivity contribution is -0.0116. The van der Waals surface area contributed by atoms with Crippen molar-refractivity contribution in [1.29, 1.82) is 0 Å². The highest BCUT2D eigenvalue weighted by atomic mass is 32.2. The van der Waals surface area contributed by atoms with Gasteiger partial charge in [-0.3, -0.25) is 4.18 Å². The molecule has 3 rings (SSSR count). The number of rotatable bonds is 4. The summed E-state index contributed by atoms with van der Waals surface area (Å²) in [5.41, 5.74) is 3.11. The van der Waals surface area contributed by atoms with Crippen LogP contribution in [-0.2, 0) is 19.0 Å². The summed E-state index contributed by atoms with van der Waals surface area (Å²) in [6.07, 6.45) is 2.95. The van der Waals surface area contributed by atoms with Crippen LogP contribution in [0, 0.1) is 0 Å². The second-order valence-electron chi connectivity index (χ2n) is 5.88. The molecule has 2 aromatic rings. The fraction of sp³-hybridized carbons (Fsp3) is 0.263. The number of hydrogen-bond donors (Lipinski definition) is 0. The fourth-order valence-corrected chi connectivity index (χ4v) is 3.50. The third kappa shape index (κ3) is 4.54. The molecule has 1 aliphatic rings. The van der Waals surface area contributed by atoms with Crippen LogP contribution in [0.2, 0.25) is 0 Å². The Morgan fingerprint density at radius 1 is 1.04 bits per heavy atom. The van der Waals surface area contributed by atoms with Crippen molar-refractivity contribution in [3.63, 3.8) is 0 Å². The average molecular weight is 344 g/mol. The summed E-state index contributed by atoms with van der Waals surface area (Å²) in [7, 11) is -3.51. The summed E-state index contributed by atoms with van der Waals surface area (Å²) in [4.78, 5) is 0. The molecule has 24 heavy (non-hydrogen) atoms. The van der Waals surface area contributed by atoms with E-state index in [9.17, 15) is 8.42 Å². The quantitative estimate of drug-likeness (QED) is 0.796. The molecule has 1 saturated heterocycles. The van der Waals surface area contributed by atoms with Crippen LogP contribution in [0.15, 0.2) is 66.2 Å². The van der Waals surface area contributed by atoms with Gasteiger partial charge in [-0.15, -0.1) is 0 Å². The van der Waals surface area contributed by atoms with Crippen LogP contribution in [0.3, 0.4) is 0 Å². The van der Waals surface area contributed by atoms with E-state index in [2.05, 4.69) is 6.08 Å². The minimum atomic E-state index is -3.51. The molecule has 4 nitrogen and oxygen atoms in total. The van der Waals surface area contributed by atoms with Gasteiger partial charge in [-0.05, 0) is 16.7 Å². The Kier molecular flexibility index (Phi) is 5.14. The Morgan fingerprint density at radius 3 is 2.29 bits per heavy atom. The van der Waals surface area contributed by atoms with E-state index in [1.54, 1.807) is 0 Å². The summed E-state index contributed by atoms with van der Waals surface area (Å²) in [6.45, 7) is 0.249. The van der Waals surface area contributed by atoms with Crippen molar-refractivity contribution in [2.45, 2.75) is 18.6 Å². The first-order valence-electron chi connectivity index (χ1n) is 7.81. The Bertz CT molecular complexity index is 798. The van der Waals surface area contributed by atoms with Gasteiger partial charge in [0.25, 0.3) is 10.1 Å². The van der Waals surface area contributed by atoms with Crippen molar-refractivity contribution in [3.05, 3.63) is 77.4 Å². The van der Waals surface area contributed by atoms with E-state index in [0.29, 0.717) is 6.42 Å². The number of benzene rings is 2. The molecule has 0 aromatic heterocycles. The van der Waals surface area contributed by atoms with Crippen molar-refractivity contribution in [3.8, 4) is 0 Å². The molecule has 1 aliphatic heterocycles. The lowest BCUT2D eigenvalue weighted by Gasteiger charge is -2.31. The maximum absolute atomic E-state index is 11.4. The summed E-state index contributed by atoms with van der Waals surface area (Å²) in [5.74, 6) is 0. The third-order valence-electron chi connectivity index (χ3n) is 3.81. The molecule has 1 heterocycles. The van der Waals surface area contributed by atoms with Crippen LogP contribution < -0.4 is 0 Å². The zero-order chi connectivity index (χ0) is 17.0. The molecule has 0 bridgehead atoms. The van der Waals surface area contributed by atoms with Crippen molar-refractivity contribution >= 4 is 16.2 Å². The SMILES string of the molecule is CS(=O)(=O)O[C@@H]1CO[C@H](c2ccccc2)/C(=C\c2ccccc2)C1. The maximum Gasteiger partial charge on any atom is 0.264 e. The molecule has 0 N–H and O–H groups in total. The predicted octanol–water partition coefficient (Wildman–Crippen LogP) is 3.58. The van der Waals surface area contributed by atoms with E-state index in [1.807, 2.05) is 60.7 Å². The summed E-state index contributed by atoms with van der Waals surface area (Å²) in [5, 5.41) is 0. The van der Waals surface area contributed by atoms with Gasteiger partial charge in [-0.25, -0.2) is 0 Å². The zero-order valence-electron chi connectivity index (χ0n) is 13.5. The van der Waals surface area contributed by atoms with E-state index in [1.165, 1.54) is 0 Å². The lowest BCUT2D eigenvalue weighted by Crippen LogP contribution is -2.31. The highest BCUT2D eigenvalue weighted by Crippen LogP contribution is 2.35. The van der Waals surface area contributed by atoms with E-state index < -0.39 is 16.2 Å². The molecule has 0 amide bonds. The van der Waals surface area contributed by atoms with E-state index in [-0.39, 0.29) is 12.7 Å². The molecular weight excluding hydrogens is 324 g/mol. The summed E-state index contributed by atoms with van der Waals surface area (Å²) < 4.78 is 33.9. The molecule has 0 unspecified atom stereocenters. The van der Waals surface area contributed by atoms with Gasteiger partial charge in [0.15, 0.2) is 0 Å². The van der Waals surface area contributed by atoms with Gasteiger partial charge in [-0.2, -0.15) is 8.42 Å². The molecule has 2 aromatic carbocycles. The Morgan fingerprint density at radius 2 is 1.67 bits per heavy atom. The molecule has 2 atom stereocenters. The van der Waals surface area contributed by atoms with Gasteiger partial charge in [0, 0.05) is 6.42 Å². The predicted molar refractivity (Wildman–Crippen MR) is 93.9 cm³/mol. The second kappa shape index (κ2) is 7.30. The largest absolute Gasteiger partial charge is 0.366 e. The van der Waals surface area contributed by atoms with E-state index >= 15 is 0 Å². The lowest BCUT2D eigenvalue weighted by atomic mass is 9.92. The Balaban J connectivity index is 1.90. The van der Waals surface area contributed by atoms with Gasteiger partial charge < -0.3 is 4.74 Å². The molecule has 0 aliphatic carbocycles. The van der Waals surface area contributed by atoms with Gasteiger partial charge in [0.2, 0.25) is 0 Å². The summed E-state index contributed by atoms with van der Waals surface area (Å²) >= 11 is 0. The molecule has 1 fully saturated rings. The number of ether oxygens (including phenoxy) is 1. The van der Waals surface area contributed by atoms with Crippen LogP contribution in [0.4, 0.5) is 0 Å². The van der Waals surface area contributed by atoms with E-state index in [0.717, 1.165) is 23.0 Å². The molecule has 0 spiro atoms. The molecule has 126 valence electrons. The van der Waals surface area contributed by atoms with Gasteiger partial charge in [0.1, 0.15) is 12.2 Å². The van der Waals surface area contributed by atoms with Crippen LogP contribution in [0.5, 0.6) is 0 Å². The second-order valence-corrected chi connectivity index (χ2v) is 7.48. The highest BCUT2D eigenvalue weighted by molar-refractivity contribution is 7.86. The standard InChI is InChI=1S/C19H20O4S/c1-24(20,21)23-18-13-17(12-15-8-4-2-5-9-15)19(22-14-18)16-10-6-3-7-11-16/h2-12,18-19H,13-14H2,1H3/b17-12-/t18-,19+/m0/s1. The van der Waals surface area contributed by atoms with Crippen molar-refractivity contribution in [1.82, 2.24) is 0 Å². The third-order valence-corrected chi connectivity index (χ3v) is 4.44. The van der Waals surface area contributed by atoms with Crippen LogP contribution in [0.1, 0.15) is 23.7 Å². The zero-order valence-corrected chi connectivity index (χ0v) is 14.3. The minimum Gasteiger partial charge on any atom is -0.366 e. The van der Waals surface area contributed by atoms with Gasteiger partial charge in [0.05, 0.1) is 12.9 Å². The monoisotopic (exact) mass is 344 g/mol. The number of hydrogen-bond acceptors (Lipinski definition) is 4. The van der Waals surface area contributed by atoms with Crippen molar-refractivity contribution in [2.75, 3.05) is 12.9 Å². The fourth-order valence-electron chi connectivity index (χ4n) is 2.88. The summed E-state index contributed by atoms with van der Waals surface area (Å²) in [6, 6.07) is 19.9. The average Bonchev–Trinajstić information content (AvgIpc) is 2.55. The van der Waals surface area contributed by atoms with Crippen LogP contribution >= 0.6 is 0 Å². The topological polar surface area (TPSA) is 52.6 Å². The van der Waals surface area contributed by atoms with Crippen molar-refractivity contribution in [2.24, 2.45) is 0 Å². The first kappa shape index (κ1) is 16.9. The first-order chi connectivity index (χ1) is 11.5. The van der Waals surface area contributed by atoms with Crippen molar-refractivity contribution < 1.29 is 17.3 Å². The van der Waals surface area contributed by atoms with Crippen LogP contribution in [0.25, 0.3) is 6.08 Å². The normalized spacial score (nSPS) is 23.3. The van der Waals surface area contributed by atoms with E-state index in [4.69, 9.17) is 8.92 Å². The molecule has 0 saturated carbocycles. The molecule has 0 radical (unpaired) electrons. The highest BCUT2D eigenvalue weighted by Gasteiger charge is 2.29. The van der Waals surface area contributed by atoms with Gasteiger partial charge in [-0.1, -0.05) is 66.7 Å². The minimum absolute atomic E-state index is 0.189. The maximum atomic E-state index is 11.4. The molecule has 5 heteroatoms. The first-order valence-corrected chi connectivity index (χ1v) is 9.63. The smallest absolute Gasteiger partial charge is 0.264 e. The Labute approximate surface area is 142 Å².